The van der Waals surface area contributed by atoms with Crippen LogP contribution in [0.2, 0.25) is 0 Å². The highest BCUT2D eigenvalue weighted by molar-refractivity contribution is 7.89. The number of pyridine rings is 1. The van der Waals surface area contributed by atoms with Crippen molar-refractivity contribution in [2.75, 3.05) is 25.5 Å². The molecular formula is C21H32N6O3S. The Kier molecular flexibility index (Phi) is 6.32. The molecule has 0 aromatic carbocycles. The van der Waals surface area contributed by atoms with Crippen molar-refractivity contribution in [2.24, 2.45) is 7.05 Å². The van der Waals surface area contributed by atoms with Crippen molar-refractivity contribution in [2.45, 2.75) is 67.9 Å². The highest BCUT2D eigenvalue weighted by atomic mass is 32.2. The van der Waals surface area contributed by atoms with Gasteiger partial charge in [0.05, 0.1) is 17.0 Å². The largest absolute Gasteiger partial charge is 0.381 e. The van der Waals surface area contributed by atoms with E-state index in [1.54, 1.807) is 28.4 Å². The number of aryl methyl sites for hydroxylation is 1. The first-order valence-corrected chi connectivity index (χ1v) is 12.4. The number of methoxy groups -OCH3 is 1. The monoisotopic (exact) mass is 448 g/mol. The summed E-state index contributed by atoms with van der Waals surface area (Å²) in [5.74, 6) is 0.0513. The molecule has 10 heteroatoms. The van der Waals surface area contributed by atoms with Crippen molar-refractivity contribution in [3.8, 4) is 0 Å². The van der Waals surface area contributed by atoms with Gasteiger partial charge in [-0.3, -0.25) is 9.67 Å². The normalized spacial score (nSPS) is 27.8. The Morgan fingerprint density at radius 1 is 1.26 bits per heavy atom. The molecule has 2 aromatic heterocycles. The van der Waals surface area contributed by atoms with Gasteiger partial charge < -0.3 is 10.1 Å². The number of sulfonamides is 1. The van der Waals surface area contributed by atoms with Gasteiger partial charge in [-0.15, -0.1) is 5.10 Å². The fourth-order valence-corrected chi connectivity index (χ4v) is 6.22. The first-order valence-electron chi connectivity index (χ1n) is 10.9. The number of hydrogen-bond donors (Lipinski definition) is 1. The summed E-state index contributed by atoms with van der Waals surface area (Å²) < 4.78 is 36.0. The van der Waals surface area contributed by atoms with Gasteiger partial charge in [0.25, 0.3) is 0 Å². The van der Waals surface area contributed by atoms with Gasteiger partial charge in [0.2, 0.25) is 10.0 Å². The van der Waals surface area contributed by atoms with E-state index in [0.717, 1.165) is 44.2 Å². The van der Waals surface area contributed by atoms with Crippen LogP contribution in [0.15, 0.2) is 29.6 Å². The zero-order valence-corrected chi connectivity index (χ0v) is 19.3. The second-order valence-corrected chi connectivity index (χ2v) is 10.9. The zero-order valence-electron chi connectivity index (χ0n) is 18.5. The Morgan fingerprint density at radius 2 is 2.03 bits per heavy atom. The Bertz CT molecular complexity index is 1000. The Labute approximate surface area is 184 Å². The third-order valence-corrected chi connectivity index (χ3v) is 8.61. The molecule has 1 saturated heterocycles. The van der Waals surface area contributed by atoms with Crippen LogP contribution in [0.5, 0.6) is 0 Å². The molecule has 1 saturated carbocycles. The van der Waals surface area contributed by atoms with Crippen molar-refractivity contribution in [3.05, 3.63) is 30.4 Å². The molecular weight excluding hydrogens is 416 g/mol. The van der Waals surface area contributed by atoms with Crippen LogP contribution in [0, 0.1) is 0 Å². The number of ether oxygens (including phenoxy) is 1. The summed E-state index contributed by atoms with van der Waals surface area (Å²) in [5, 5.41) is 11.7. The quantitative estimate of drug-likeness (QED) is 0.724. The van der Waals surface area contributed by atoms with E-state index < -0.39 is 10.0 Å². The molecule has 0 bridgehead atoms. The van der Waals surface area contributed by atoms with Gasteiger partial charge in [-0.2, -0.15) is 4.31 Å². The fourth-order valence-electron chi connectivity index (χ4n) is 4.60. The van der Waals surface area contributed by atoms with Gasteiger partial charge in [-0.25, -0.2) is 8.42 Å². The summed E-state index contributed by atoms with van der Waals surface area (Å²) in [6.07, 6.45) is 10.4. The topological polar surface area (TPSA) is 102 Å². The van der Waals surface area contributed by atoms with E-state index in [9.17, 15) is 8.42 Å². The number of hydrogen-bond acceptors (Lipinski definition) is 7. The van der Waals surface area contributed by atoms with Crippen LogP contribution in [-0.4, -0.2) is 64.5 Å². The Hall–Kier alpha value is -2.04. The smallest absolute Gasteiger partial charge is 0.246 e. The minimum absolute atomic E-state index is 0.0513. The first-order chi connectivity index (χ1) is 14.8. The first kappa shape index (κ1) is 22.2. The highest BCUT2D eigenvalue weighted by Crippen LogP contribution is 2.35. The van der Waals surface area contributed by atoms with Crippen LogP contribution in [0.3, 0.4) is 0 Å². The predicted octanol–water partition coefficient (Wildman–Crippen LogP) is 2.54. The van der Waals surface area contributed by atoms with E-state index in [2.05, 4.69) is 27.5 Å². The molecule has 3 heterocycles. The lowest BCUT2D eigenvalue weighted by atomic mass is 9.83. The molecule has 2 fully saturated rings. The number of nitrogens with zero attached hydrogens (tertiary/aromatic N) is 5. The minimum Gasteiger partial charge on any atom is -0.381 e. The van der Waals surface area contributed by atoms with Crippen LogP contribution >= 0.6 is 0 Å². The number of nitrogens with one attached hydrogen (secondary N) is 1. The maximum absolute atomic E-state index is 13.6. The van der Waals surface area contributed by atoms with Gasteiger partial charge >= 0.3 is 0 Å². The number of rotatable bonds is 6. The van der Waals surface area contributed by atoms with Crippen molar-refractivity contribution in [1.82, 2.24) is 24.3 Å². The zero-order chi connectivity index (χ0) is 22.1. The second-order valence-electron chi connectivity index (χ2n) is 8.96. The molecule has 0 amide bonds. The van der Waals surface area contributed by atoms with E-state index in [0.29, 0.717) is 18.8 Å². The van der Waals surface area contributed by atoms with Crippen molar-refractivity contribution in [1.29, 1.82) is 0 Å². The number of anilines is 1. The molecule has 2 aliphatic rings. The summed E-state index contributed by atoms with van der Waals surface area (Å²) in [6, 6.07) is 1.98. The van der Waals surface area contributed by atoms with E-state index in [-0.39, 0.29) is 22.5 Å². The van der Waals surface area contributed by atoms with Crippen molar-refractivity contribution < 1.29 is 13.2 Å². The molecule has 2 aromatic rings. The summed E-state index contributed by atoms with van der Waals surface area (Å²) in [6.45, 7) is 3.05. The lowest BCUT2D eigenvalue weighted by Gasteiger charge is -2.37. The maximum Gasteiger partial charge on any atom is 0.246 e. The van der Waals surface area contributed by atoms with Gasteiger partial charge in [-0.05, 0) is 51.5 Å². The number of piperidine rings is 1. The maximum atomic E-state index is 13.6. The minimum atomic E-state index is -3.68. The van der Waals surface area contributed by atoms with E-state index in [1.807, 2.05) is 13.2 Å². The molecule has 0 radical (unpaired) electrons. The molecule has 1 atom stereocenters. The summed E-state index contributed by atoms with van der Waals surface area (Å²) in [7, 11) is -0.0969. The second kappa shape index (κ2) is 8.84. The summed E-state index contributed by atoms with van der Waals surface area (Å²) >= 11 is 0. The lowest BCUT2D eigenvalue weighted by Crippen LogP contribution is -2.40. The molecule has 1 N–H and O–H groups in total. The van der Waals surface area contributed by atoms with Crippen LogP contribution in [-0.2, 0) is 21.8 Å². The van der Waals surface area contributed by atoms with Gasteiger partial charge in [0.1, 0.15) is 4.90 Å². The molecule has 4 rings (SSSR count). The average Bonchev–Trinajstić information content (AvgIpc) is 3.22. The van der Waals surface area contributed by atoms with Crippen LogP contribution in [0.25, 0.3) is 0 Å². The summed E-state index contributed by atoms with van der Waals surface area (Å²) in [4.78, 5) is 4.37. The average molecular weight is 449 g/mol. The molecule has 1 aliphatic carbocycles. The van der Waals surface area contributed by atoms with Crippen LogP contribution in [0.1, 0.15) is 57.1 Å². The van der Waals surface area contributed by atoms with E-state index in [4.69, 9.17) is 4.74 Å². The molecule has 1 aliphatic heterocycles. The van der Waals surface area contributed by atoms with E-state index in [1.165, 1.54) is 6.20 Å². The molecule has 9 nitrogen and oxygen atoms in total. The van der Waals surface area contributed by atoms with Crippen molar-refractivity contribution in [3.63, 3.8) is 0 Å². The number of aromatic nitrogens is 4. The Morgan fingerprint density at radius 3 is 2.71 bits per heavy atom. The lowest BCUT2D eigenvalue weighted by molar-refractivity contribution is -0.0252. The molecule has 31 heavy (non-hydrogen) atoms. The van der Waals surface area contributed by atoms with Crippen LogP contribution < -0.4 is 5.32 Å². The Balaban J connectivity index is 1.51. The van der Waals surface area contributed by atoms with Gasteiger partial charge in [-0.1, -0.05) is 5.21 Å². The van der Waals surface area contributed by atoms with Crippen molar-refractivity contribution >= 4 is 15.7 Å². The van der Waals surface area contributed by atoms with Gasteiger partial charge in [0.15, 0.2) is 0 Å². The third kappa shape index (κ3) is 4.75. The molecule has 1 unspecified atom stereocenters. The molecule has 0 spiro atoms. The third-order valence-electron chi connectivity index (χ3n) is 6.72. The predicted molar refractivity (Wildman–Crippen MR) is 117 cm³/mol. The molecule has 170 valence electrons. The summed E-state index contributed by atoms with van der Waals surface area (Å²) in [5.41, 5.74) is 1.38. The van der Waals surface area contributed by atoms with Gasteiger partial charge in [0, 0.05) is 57.8 Å². The van der Waals surface area contributed by atoms with E-state index >= 15 is 0 Å². The van der Waals surface area contributed by atoms with Crippen LogP contribution in [0.4, 0.5) is 5.69 Å². The SMILES string of the molecule is COC1(C)CCC(Nc2ccncc2S(=O)(=O)N2CCCC(c3cn(C)nn3)C2)CC1. The highest BCUT2D eigenvalue weighted by Gasteiger charge is 2.35. The fraction of sp³-hybridized carbons (Fsp3) is 0.667. The standard InChI is InChI=1S/C21H32N6O3S/c1-21(30-3)9-6-17(7-10-21)23-18-8-11-22-13-20(18)31(28,29)27-12-4-5-16(14-27)19-15-26(2)25-24-19/h8,11,13,15-17H,4-7,9-10,12,14H2,1-3H3,(H,22,23).